The minimum Gasteiger partial charge on any atom is -0.351 e. The van der Waals surface area contributed by atoms with E-state index in [1.54, 1.807) is 0 Å². The van der Waals surface area contributed by atoms with Gasteiger partial charge in [0.2, 0.25) is 17.2 Å². The number of hydrogen-bond acceptors (Lipinski definition) is 5. The standard InChI is InChI=1S/C14H26ClN5/c1-6-11(7-2)10(5)16-13-17-12(15)18-14(19-13)20(8-3)9-4/h10-11H,6-9H2,1-5H3,(H,16,17,18,19). The average molecular weight is 300 g/mol. The minimum atomic E-state index is 0.237. The molecule has 6 heteroatoms. The zero-order valence-corrected chi connectivity index (χ0v) is 13.9. The summed E-state index contributed by atoms with van der Waals surface area (Å²) >= 11 is 6.01. The molecule has 20 heavy (non-hydrogen) atoms. The van der Waals surface area contributed by atoms with E-state index in [4.69, 9.17) is 11.6 Å². The summed E-state index contributed by atoms with van der Waals surface area (Å²) in [4.78, 5) is 14.9. The van der Waals surface area contributed by atoms with E-state index in [0.717, 1.165) is 25.9 Å². The van der Waals surface area contributed by atoms with E-state index < -0.39 is 0 Å². The number of halogens is 1. The molecule has 1 unspecified atom stereocenters. The van der Waals surface area contributed by atoms with Gasteiger partial charge >= 0.3 is 0 Å². The van der Waals surface area contributed by atoms with Crippen LogP contribution in [0.3, 0.4) is 0 Å². The molecule has 0 aliphatic heterocycles. The van der Waals surface area contributed by atoms with E-state index in [0.29, 0.717) is 23.9 Å². The van der Waals surface area contributed by atoms with Crippen molar-refractivity contribution in [3.05, 3.63) is 5.28 Å². The van der Waals surface area contributed by atoms with Gasteiger partial charge in [-0.1, -0.05) is 26.7 Å². The molecular formula is C14H26ClN5. The largest absolute Gasteiger partial charge is 0.351 e. The van der Waals surface area contributed by atoms with Gasteiger partial charge < -0.3 is 10.2 Å². The maximum Gasteiger partial charge on any atom is 0.231 e. The Balaban J connectivity index is 2.90. The van der Waals surface area contributed by atoms with Crippen LogP contribution >= 0.6 is 11.6 Å². The monoisotopic (exact) mass is 299 g/mol. The van der Waals surface area contributed by atoms with Gasteiger partial charge in [-0.05, 0) is 38.3 Å². The van der Waals surface area contributed by atoms with Crippen LogP contribution in [0.25, 0.3) is 0 Å². The summed E-state index contributed by atoms with van der Waals surface area (Å²) < 4.78 is 0. The Hall–Kier alpha value is -1.10. The first-order valence-electron chi connectivity index (χ1n) is 7.48. The van der Waals surface area contributed by atoms with Gasteiger partial charge in [0.1, 0.15) is 0 Å². The van der Waals surface area contributed by atoms with Crippen LogP contribution in [-0.2, 0) is 0 Å². The average Bonchev–Trinajstić information content (AvgIpc) is 2.40. The van der Waals surface area contributed by atoms with E-state index >= 15 is 0 Å². The van der Waals surface area contributed by atoms with Gasteiger partial charge in [0, 0.05) is 19.1 Å². The molecule has 1 atom stereocenters. The Labute approximate surface area is 127 Å². The van der Waals surface area contributed by atoms with Crippen molar-refractivity contribution in [3.63, 3.8) is 0 Å². The van der Waals surface area contributed by atoms with Crippen molar-refractivity contribution in [2.24, 2.45) is 5.92 Å². The van der Waals surface area contributed by atoms with Crippen LogP contribution in [0.4, 0.5) is 11.9 Å². The third-order valence-corrected chi connectivity index (χ3v) is 3.92. The molecule has 5 nitrogen and oxygen atoms in total. The summed E-state index contributed by atoms with van der Waals surface area (Å²) in [5.74, 6) is 1.79. The normalized spacial score (nSPS) is 12.6. The quantitative estimate of drug-likeness (QED) is 0.795. The highest BCUT2D eigenvalue weighted by Crippen LogP contribution is 2.18. The van der Waals surface area contributed by atoms with Crippen molar-refractivity contribution < 1.29 is 0 Å². The maximum atomic E-state index is 6.01. The van der Waals surface area contributed by atoms with Gasteiger partial charge in [0.15, 0.2) is 0 Å². The zero-order valence-electron chi connectivity index (χ0n) is 13.1. The van der Waals surface area contributed by atoms with Crippen molar-refractivity contribution in [2.45, 2.75) is 53.5 Å². The molecule has 0 radical (unpaired) electrons. The number of anilines is 2. The van der Waals surface area contributed by atoms with Crippen LogP contribution in [0, 0.1) is 5.92 Å². The SMILES string of the molecule is CCC(CC)C(C)Nc1nc(Cl)nc(N(CC)CC)n1. The minimum absolute atomic E-state index is 0.237. The van der Waals surface area contributed by atoms with Crippen LogP contribution in [0.1, 0.15) is 47.5 Å². The lowest BCUT2D eigenvalue weighted by Crippen LogP contribution is -2.28. The Morgan fingerprint density at radius 3 is 2.15 bits per heavy atom. The van der Waals surface area contributed by atoms with Crippen molar-refractivity contribution in [3.8, 4) is 0 Å². The summed E-state index contributed by atoms with van der Waals surface area (Å²) in [7, 11) is 0. The summed E-state index contributed by atoms with van der Waals surface area (Å²) in [6.45, 7) is 12.4. The lowest BCUT2D eigenvalue weighted by molar-refractivity contribution is 0.436. The molecule has 0 aliphatic rings. The summed E-state index contributed by atoms with van der Waals surface area (Å²) in [6, 6.07) is 0.313. The van der Waals surface area contributed by atoms with Crippen LogP contribution in [0.2, 0.25) is 5.28 Å². The molecule has 0 saturated heterocycles. The van der Waals surface area contributed by atoms with Gasteiger partial charge in [0.25, 0.3) is 0 Å². The van der Waals surface area contributed by atoms with Crippen molar-refractivity contribution in [1.82, 2.24) is 15.0 Å². The van der Waals surface area contributed by atoms with E-state index in [1.165, 1.54) is 0 Å². The number of aromatic nitrogens is 3. The van der Waals surface area contributed by atoms with E-state index in [-0.39, 0.29) is 5.28 Å². The lowest BCUT2D eigenvalue weighted by atomic mass is 9.96. The molecule has 0 spiro atoms. The van der Waals surface area contributed by atoms with Crippen molar-refractivity contribution in [1.29, 1.82) is 0 Å². The molecule has 1 aromatic heterocycles. The first kappa shape index (κ1) is 17.0. The summed E-state index contributed by atoms with van der Waals surface area (Å²) in [5, 5.41) is 3.59. The highest BCUT2D eigenvalue weighted by atomic mass is 35.5. The van der Waals surface area contributed by atoms with E-state index in [1.807, 2.05) is 0 Å². The van der Waals surface area contributed by atoms with Crippen LogP contribution in [0.15, 0.2) is 0 Å². The maximum absolute atomic E-state index is 6.01. The van der Waals surface area contributed by atoms with E-state index in [2.05, 4.69) is 59.8 Å². The third kappa shape index (κ3) is 4.47. The molecule has 1 rings (SSSR count). The Bertz CT molecular complexity index is 405. The Morgan fingerprint density at radius 1 is 1.05 bits per heavy atom. The van der Waals surface area contributed by atoms with Crippen molar-refractivity contribution in [2.75, 3.05) is 23.3 Å². The predicted octanol–water partition coefficient (Wildman–Crippen LogP) is 3.61. The van der Waals surface area contributed by atoms with Gasteiger partial charge in [-0.3, -0.25) is 0 Å². The first-order chi connectivity index (χ1) is 9.55. The van der Waals surface area contributed by atoms with Gasteiger partial charge in [-0.25, -0.2) is 0 Å². The molecule has 0 fully saturated rings. The highest BCUT2D eigenvalue weighted by Gasteiger charge is 2.16. The number of nitrogens with zero attached hydrogens (tertiary/aromatic N) is 4. The first-order valence-corrected chi connectivity index (χ1v) is 7.86. The van der Waals surface area contributed by atoms with Gasteiger partial charge in [-0.15, -0.1) is 0 Å². The molecule has 0 saturated carbocycles. The van der Waals surface area contributed by atoms with E-state index in [9.17, 15) is 0 Å². The number of hydrogen-bond donors (Lipinski definition) is 1. The summed E-state index contributed by atoms with van der Waals surface area (Å²) in [6.07, 6.45) is 2.26. The Kier molecular flexibility index (Phi) is 6.99. The molecule has 1 heterocycles. The van der Waals surface area contributed by atoms with Crippen LogP contribution < -0.4 is 10.2 Å². The molecule has 0 aliphatic carbocycles. The smallest absolute Gasteiger partial charge is 0.231 e. The second-order valence-electron chi connectivity index (χ2n) is 4.91. The highest BCUT2D eigenvalue weighted by molar-refractivity contribution is 6.28. The molecular weight excluding hydrogens is 274 g/mol. The van der Waals surface area contributed by atoms with Gasteiger partial charge in [0.05, 0.1) is 0 Å². The van der Waals surface area contributed by atoms with Crippen molar-refractivity contribution >= 4 is 23.5 Å². The van der Waals surface area contributed by atoms with Crippen LogP contribution in [-0.4, -0.2) is 34.1 Å². The molecule has 0 bridgehead atoms. The molecule has 0 amide bonds. The number of nitrogens with one attached hydrogen (secondary N) is 1. The fourth-order valence-corrected chi connectivity index (χ4v) is 2.52. The molecule has 1 aromatic rings. The predicted molar refractivity (Wildman–Crippen MR) is 85.6 cm³/mol. The molecule has 1 N–H and O–H groups in total. The molecule has 0 aromatic carbocycles. The fraction of sp³-hybridized carbons (Fsp3) is 0.786. The fourth-order valence-electron chi connectivity index (χ4n) is 2.37. The Morgan fingerprint density at radius 2 is 1.65 bits per heavy atom. The van der Waals surface area contributed by atoms with Gasteiger partial charge in [-0.2, -0.15) is 15.0 Å². The second-order valence-corrected chi connectivity index (χ2v) is 5.25. The zero-order chi connectivity index (χ0) is 15.1. The molecule has 114 valence electrons. The number of rotatable bonds is 8. The lowest BCUT2D eigenvalue weighted by Gasteiger charge is -2.23. The topological polar surface area (TPSA) is 53.9 Å². The van der Waals surface area contributed by atoms with Crippen LogP contribution in [0.5, 0.6) is 0 Å². The second kappa shape index (κ2) is 8.25. The third-order valence-electron chi connectivity index (χ3n) is 3.76. The summed E-state index contributed by atoms with van der Waals surface area (Å²) in [5.41, 5.74) is 0.